The molecule has 0 bridgehead atoms. The quantitative estimate of drug-likeness (QED) is 0.592. The topological polar surface area (TPSA) is 65.0 Å². The second-order valence-corrected chi connectivity index (χ2v) is 2.67. The fraction of sp³-hybridized carbons (Fsp3) is 0.625. The van der Waals surface area contributed by atoms with Crippen LogP contribution in [0.4, 0.5) is 0 Å². The third kappa shape index (κ3) is 2.27. The zero-order chi connectivity index (χ0) is 9.84. The third-order valence-electron chi connectivity index (χ3n) is 1.63. The molecule has 5 heteroatoms. The second kappa shape index (κ2) is 4.02. The molecule has 1 aliphatic rings. The van der Waals surface area contributed by atoms with Gasteiger partial charge in [-0.2, -0.15) is 0 Å². The van der Waals surface area contributed by atoms with Crippen LogP contribution in [-0.4, -0.2) is 30.2 Å². The highest BCUT2D eigenvalue weighted by Gasteiger charge is 2.29. The van der Waals surface area contributed by atoms with E-state index < -0.39 is 12.1 Å². The van der Waals surface area contributed by atoms with Crippen molar-refractivity contribution < 1.29 is 19.2 Å². The first-order valence-corrected chi connectivity index (χ1v) is 4.05. The lowest BCUT2D eigenvalue weighted by Gasteiger charge is -2.00. The summed E-state index contributed by atoms with van der Waals surface area (Å²) in [6.07, 6.45) is -0.395. The molecular formula is C8H11NO4. The van der Waals surface area contributed by atoms with Crippen LogP contribution in [-0.2, 0) is 19.2 Å². The van der Waals surface area contributed by atoms with E-state index in [-0.39, 0.29) is 17.9 Å². The summed E-state index contributed by atoms with van der Waals surface area (Å²) in [4.78, 5) is 26.6. The molecule has 0 radical (unpaired) electrons. The highest BCUT2D eigenvalue weighted by atomic mass is 16.6. The van der Waals surface area contributed by atoms with Crippen molar-refractivity contribution in [3.63, 3.8) is 0 Å². The van der Waals surface area contributed by atoms with E-state index in [0.717, 1.165) is 0 Å². The standard InChI is InChI=1S/C8H11NO4/c1-3-12-8(11)6-4-7(5(2)10)13-9-6/h7H,3-4H2,1-2H3/t7-/m0/s1. The number of hydrogen-bond acceptors (Lipinski definition) is 5. The number of rotatable bonds is 3. The number of hydrogen-bond donors (Lipinski definition) is 0. The minimum atomic E-state index is -0.612. The molecule has 0 fully saturated rings. The molecule has 5 nitrogen and oxygen atoms in total. The van der Waals surface area contributed by atoms with E-state index in [1.165, 1.54) is 6.92 Å². The van der Waals surface area contributed by atoms with Gasteiger partial charge < -0.3 is 9.57 Å². The normalized spacial score (nSPS) is 20.5. The molecule has 0 N–H and O–H groups in total. The van der Waals surface area contributed by atoms with Gasteiger partial charge in [-0.15, -0.1) is 0 Å². The lowest BCUT2D eigenvalue weighted by atomic mass is 10.1. The maximum atomic E-state index is 11.1. The maximum absolute atomic E-state index is 11.1. The van der Waals surface area contributed by atoms with Gasteiger partial charge in [-0.25, -0.2) is 4.79 Å². The molecule has 0 aromatic heterocycles. The van der Waals surface area contributed by atoms with E-state index in [2.05, 4.69) is 5.16 Å². The molecule has 0 unspecified atom stereocenters. The van der Waals surface area contributed by atoms with Crippen LogP contribution in [0.3, 0.4) is 0 Å². The Morgan fingerprint density at radius 3 is 2.85 bits per heavy atom. The first kappa shape index (κ1) is 9.70. The number of carbonyl (C=O) groups excluding carboxylic acids is 2. The Labute approximate surface area is 75.7 Å². The average Bonchev–Trinajstić information content (AvgIpc) is 2.52. The van der Waals surface area contributed by atoms with Crippen LogP contribution in [0.25, 0.3) is 0 Å². The lowest BCUT2D eigenvalue weighted by Crippen LogP contribution is -2.21. The molecule has 0 saturated carbocycles. The summed E-state index contributed by atoms with van der Waals surface area (Å²) in [5.41, 5.74) is 0.182. The minimum Gasteiger partial charge on any atom is -0.461 e. The number of oxime groups is 1. The van der Waals surface area contributed by atoms with Gasteiger partial charge in [0, 0.05) is 6.42 Å². The monoisotopic (exact) mass is 185 g/mol. The molecule has 1 rings (SSSR count). The first-order valence-electron chi connectivity index (χ1n) is 4.05. The molecule has 0 amide bonds. The van der Waals surface area contributed by atoms with Crippen molar-refractivity contribution in [1.82, 2.24) is 0 Å². The highest BCUT2D eigenvalue weighted by molar-refractivity contribution is 6.37. The van der Waals surface area contributed by atoms with E-state index >= 15 is 0 Å². The van der Waals surface area contributed by atoms with E-state index in [1.807, 2.05) is 0 Å². The van der Waals surface area contributed by atoms with Gasteiger partial charge in [-0.3, -0.25) is 4.79 Å². The van der Waals surface area contributed by atoms with E-state index in [1.54, 1.807) is 6.92 Å². The van der Waals surface area contributed by atoms with Crippen LogP contribution >= 0.6 is 0 Å². The SMILES string of the molecule is CCOC(=O)C1=NO[C@H](C(C)=O)C1. The van der Waals surface area contributed by atoms with Gasteiger partial charge >= 0.3 is 5.97 Å². The van der Waals surface area contributed by atoms with Crippen molar-refractivity contribution in [2.24, 2.45) is 5.16 Å². The molecule has 13 heavy (non-hydrogen) atoms. The average molecular weight is 185 g/mol. The Balaban J connectivity index is 2.48. The predicted molar refractivity (Wildman–Crippen MR) is 44.2 cm³/mol. The van der Waals surface area contributed by atoms with Crippen molar-refractivity contribution in [2.75, 3.05) is 6.61 Å². The Kier molecular flexibility index (Phi) is 3.00. The van der Waals surface area contributed by atoms with Crippen LogP contribution in [0.1, 0.15) is 20.3 Å². The van der Waals surface area contributed by atoms with Crippen LogP contribution in [0.2, 0.25) is 0 Å². The minimum absolute atomic E-state index is 0.136. The Morgan fingerprint density at radius 1 is 1.69 bits per heavy atom. The van der Waals surface area contributed by atoms with Crippen molar-refractivity contribution in [3.8, 4) is 0 Å². The zero-order valence-corrected chi connectivity index (χ0v) is 7.57. The number of nitrogens with zero attached hydrogens (tertiary/aromatic N) is 1. The summed E-state index contributed by atoms with van der Waals surface area (Å²) in [6, 6.07) is 0. The molecule has 1 aliphatic heterocycles. The second-order valence-electron chi connectivity index (χ2n) is 2.67. The van der Waals surface area contributed by atoms with Crippen molar-refractivity contribution in [2.45, 2.75) is 26.4 Å². The molecule has 1 atom stereocenters. The van der Waals surface area contributed by atoms with E-state index in [0.29, 0.717) is 6.61 Å². The van der Waals surface area contributed by atoms with Gasteiger partial charge in [0.2, 0.25) is 0 Å². The van der Waals surface area contributed by atoms with Crippen molar-refractivity contribution in [1.29, 1.82) is 0 Å². The molecule has 0 aromatic rings. The fourth-order valence-corrected chi connectivity index (χ4v) is 0.930. The molecule has 72 valence electrons. The number of esters is 1. The summed E-state index contributed by atoms with van der Waals surface area (Å²) < 4.78 is 4.69. The van der Waals surface area contributed by atoms with Gasteiger partial charge in [-0.05, 0) is 13.8 Å². The van der Waals surface area contributed by atoms with Crippen molar-refractivity contribution in [3.05, 3.63) is 0 Å². The molecule has 1 heterocycles. The van der Waals surface area contributed by atoms with Crippen LogP contribution < -0.4 is 0 Å². The summed E-state index contributed by atoms with van der Waals surface area (Å²) in [6.45, 7) is 3.40. The molecule has 0 saturated heterocycles. The Bertz CT molecular complexity index is 259. The maximum Gasteiger partial charge on any atom is 0.356 e. The van der Waals surface area contributed by atoms with Crippen LogP contribution in [0, 0.1) is 0 Å². The molecule has 0 spiro atoms. The zero-order valence-electron chi connectivity index (χ0n) is 7.57. The smallest absolute Gasteiger partial charge is 0.356 e. The van der Waals surface area contributed by atoms with Crippen LogP contribution in [0.5, 0.6) is 0 Å². The Morgan fingerprint density at radius 2 is 2.38 bits per heavy atom. The summed E-state index contributed by atoms with van der Waals surface area (Å²) >= 11 is 0. The third-order valence-corrected chi connectivity index (χ3v) is 1.63. The molecule has 0 aromatic carbocycles. The predicted octanol–water partition coefficient (Wildman–Crippen LogP) is 0.283. The summed E-state index contributed by atoms with van der Waals surface area (Å²) in [5.74, 6) is -0.644. The number of ketones is 1. The van der Waals surface area contributed by atoms with Crippen LogP contribution in [0.15, 0.2) is 5.16 Å². The highest BCUT2D eigenvalue weighted by Crippen LogP contribution is 2.12. The van der Waals surface area contributed by atoms with Gasteiger partial charge in [-0.1, -0.05) is 5.16 Å². The van der Waals surface area contributed by atoms with E-state index in [9.17, 15) is 9.59 Å². The molecule has 0 aliphatic carbocycles. The number of Topliss-reactive ketones (excluding diaryl/α,β-unsaturated/α-hetero) is 1. The largest absolute Gasteiger partial charge is 0.461 e. The summed E-state index contributed by atoms with van der Waals surface area (Å²) in [5, 5.41) is 3.48. The van der Waals surface area contributed by atoms with Gasteiger partial charge in [0.1, 0.15) is 0 Å². The van der Waals surface area contributed by atoms with Gasteiger partial charge in [0.05, 0.1) is 6.61 Å². The lowest BCUT2D eigenvalue weighted by molar-refractivity contribution is -0.135. The van der Waals surface area contributed by atoms with E-state index in [4.69, 9.17) is 9.57 Å². The van der Waals surface area contributed by atoms with Gasteiger partial charge in [0.25, 0.3) is 0 Å². The Hall–Kier alpha value is -1.39. The summed E-state index contributed by atoms with van der Waals surface area (Å²) in [7, 11) is 0. The van der Waals surface area contributed by atoms with Gasteiger partial charge in [0.15, 0.2) is 17.6 Å². The first-order chi connectivity index (χ1) is 6.15. The number of ether oxygens (including phenoxy) is 1. The van der Waals surface area contributed by atoms with Crippen molar-refractivity contribution >= 4 is 17.5 Å². The molecular weight excluding hydrogens is 174 g/mol. The fourth-order valence-electron chi connectivity index (χ4n) is 0.930. The number of carbonyl (C=O) groups is 2.